The molecule has 3 atom stereocenters. The van der Waals surface area contributed by atoms with Crippen molar-refractivity contribution in [2.75, 3.05) is 40.9 Å². The molecule has 1 amide bonds. The number of nitrogens with zero attached hydrogens (tertiary/aromatic N) is 1. The molecule has 0 fully saturated rings. The van der Waals surface area contributed by atoms with Gasteiger partial charge in [0.05, 0.1) is 39.9 Å². The van der Waals surface area contributed by atoms with Crippen LogP contribution in [0.25, 0.3) is 0 Å². The van der Waals surface area contributed by atoms with Crippen LogP contribution in [0.3, 0.4) is 0 Å². The van der Waals surface area contributed by atoms with Gasteiger partial charge in [-0.05, 0) is 12.8 Å². The number of hydrogen-bond acceptors (Lipinski definition) is 5. The van der Waals surface area contributed by atoms with E-state index in [-0.39, 0.29) is 19.1 Å². The lowest BCUT2D eigenvalue weighted by Gasteiger charge is -2.26. The molecule has 0 aromatic carbocycles. The summed E-state index contributed by atoms with van der Waals surface area (Å²) in [7, 11) is 1.63. The van der Waals surface area contributed by atoms with Gasteiger partial charge < -0.3 is 19.8 Å². The summed E-state index contributed by atoms with van der Waals surface area (Å²) in [5.41, 5.74) is 0. The van der Waals surface area contributed by atoms with E-state index in [1.807, 2.05) is 21.1 Å². The van der Waals surface area contributed by atoms with E-state index in [0.29, 0.717) is 23.9 Å². The quantitative estimate of drug-likeness (QED) is 0.0330. The molecule has 1 unspecified atom stereocenters. The Morgan fingerprint density at radius 2 is 0.960 bits per heavy atom. The van der Waals surface area contributed by atoms with Crippen LogP contribution >= 0.6 is 7.82 Å². The normalized spacial score (nSPS) is 14.5. The fourth-order valence-electron chi connectivity index (χ4n) is 6.40. The first-order chi connectivity index (χ1) is 24.0. The van der Waals surface area contributed by atoms with Crippen LogP contribution in [0.1, 0.15) is 206 Å². The van der Waals surface area contributed by atoms with Gasteiger partial charge >= 0.3 is 7.82 Å². The molecule has 50 heavy (non-hydrogen) atoms. The number of rotatable bonds is 39. The molecular weight excluding hydrogens is 647 g/mol. The monoisotopic (exact) mass is 734 g/mol. The molecule has 0 aromatic heterocycles. The SMILES string of the molecule is CCCCCCCCCCCCCCCCC[C@@H](O)[C@H](COP(=O)(O)OCC[N+](C)(C)C)NC(=O)CCCCCCCCCCCCCCC. The van der Waals surface area contributed by atoms with Crippen LogP contribution in [0.5, 0.6) is 0 Å². The minimum atomic E-state index is -4.30. The lowest BCUT2D eigenvalue weighted by atomic mass is 10.0. The Bertz CT molecular complexity index is 794. The number of nitrogens with one attached hydrogen (secondary N) is 1. The topological polar surface area (TPSA) is 105 Å². The number of carbonyl (C=O) groups excluding carboxylic acids is 1. The van der Waals surface area contributed by atoms with Crippen LogP contribution < -0.4 is 5.32 Å². The molecule has 300 valence electrons. The summed E-state index contributed by atoms with van der Waals surface area (Å²) >= 11 is 0. The number of phosphoric ester groups is 1. The van der Waals surface area contributed by atoms with Crippen molar-refractivity contribution in [1.82, 2.24) is 5.32 Å². The largest absolute Gasteiger partial charge is 0.472 e. The minimum absolute atomic E-state index is 0.0784. The van der Waals surface area contributed by atoms with Crippen molar-refractivity contribution in [3.63, 3.8) is 0 Å². The molecule has 0 bridgehead atoms. The zero-order chi connectivity index (χ0) is 37.2. The zero-order valence-electron chi connectivity index (χ0n) is 33.9. The fraction of sp³-hybridized carbons (Fsp3) is 0.976. The highest BCUT2D eigenvalue weighted by Gasteiger charge is 2.28. The lowest BCUT2D eigenvalue weighted by molar-refractivity contribution is -0.870. The van der Waals surface area contributed by atoms with Crippen molar-refractivity contribution in [2.24, 2.45) is 0 Å². The van der Waals surface area contributed by atoms with Gasteiger partial charge in [0.1, 0.15) is 13.2 Å². The molecule has 0 aromatic rings. The van der Waals surface area contributed by atoms with Gasteiger partial charge in [0.25, 0.3) is 0 Å². The molecule has 0 saturated heterocycles. The van der Waals surface area contributed by atoms with Crippen LogP contribution in [0, 0.1) is 0 Å². The highest BCUT2D eigenvalue weighted by atomic mass is 31.2. The number of unbranched alkanes of at least 4 members (excludes halogenated alkanes) is 26. The van der Waals surface area contributed by atoms with E-state index >= 15 is 0 Å². The Balaban J connectivity index is 4.37. The molecule has 0 spiro atoms. The summed E-state index contributed by atoms with van der Waals surface area (Å²) < 4.78 is 23.6. The van der Waals surface area contributed by atoms with E-state index in [0.717, 1.165) is 38.5 Å². The molecule has 9 heteroatoms. The van der Waals surface area contributed by atoms with Crippen LogP contribution in [-0.2, 0) is 18.4 Å². The van der Waals surface area contributed by atoms with Gasteiger partial charge in [-0.2, -0.15) is 0 Å². The lowest BCUT2D eigenvalue weighted by Crippen LogP contribution is -2.46. The standard InChI is InChI=1S/C41H85N2O6P/c1-6-8-10-12-14-16-18-20-21-23-24-26-28-30-32-34-40(44)39(38-49-50(46,47)48-37-36-43(3,4)5)42-41(45)35-33-31-29-27-25-22-19-17-15-13-11-9-7-2/h39-40,44H,6-38H2,1-5H3,(H-,42,45,46,47)/p+1/t39-,40+/m0/s1. The molecule has 0 saturated carbocycles. The molecule has 0 aliphatic heterocycles. The Hall–Kier alpha value is -0.500. The van der Waals surface area contributed by atoms with Crippen LogP contribution in [-0.4, -0.2) is 73.4 Å². The summed E-state index contributed by atoms with van der Waals surface area (Å²) in [4.78, 5) is 23.1. The summed E-state index contributed by atoms with van der Waals surface area (Å²) in [5, 5.41) is 13.9. The van der Waals surface area contributed by atoms with E-state index in [1.54, 1.807) is 0 Å². The number of likely N-dealkylation sites (N-methyl/N-ethyl adjacent to an activating group) is 1. The summed E-state index contributed by atoms with van der Waals surface area (Å²) in [6, 6.07) is -0.751. The second-order valence-corrected chi connectivity index (χ2v) is 17.5. The fourth-order valence-corrected chi connectivity index (χ4v) is 7.13. The van der Waals surface area contributed by atoms with Crippen LogP contribution in [0.2, 0.25) is 0 Å². The molecule has 0 radical (unpaired) electrons. The number of aliphatic hydroxyl groups excluding tert-OH is 1. The van der Waals surface area contributed by atoms with Crippen molar-refractivity contribution in [2.45, 2.75) is 219 Å². The van der Waals surface area contributed by atoms with Crippen molar-refractivity contribution in [3.8, 4) is 0 Å². The second kappa shape index (κ2) is 34.3. The third-order valence-electron chi connectivity index (χ3n) is 9.86. The molecule has 0 aliphatic carbocycles. The maximum atomic E-state index is 12.8. The summed E-state index contributed by atoms with van der Waals surface area (Å²) in [6.07, 6.45) is 35.4. The van der Waals surface area contributed by atoms with Crippen LogP contribution in [0.15, 0.2) is 0 Å². The van der Waals surface area contributed by atoms with Gasteiger partial charge in [-0.15, -0.1) is 0 Å². The molecule has 0 aliphatic rings. The number of hydrogen-bond donors (Lipinski definition) is 3. The number of aliphatic hydroxyl groups is 1. The summed E-state index contributed by atoms with van der Waals surface area (Å²) in [5.74, 6) is -0.143. The molecule has 3 N–H and O–H groups in total. The Morgan fingerprint density at radius 1 is 0.600 bits per heavy atom. The average Bonchev–Trinajstić information content (AvgIpc) is 3.06. The van der Waals surface area contributed by atoms with E-state index in [9.17, 15) is 19.4 Å². The van der Waals surface area contributed by atoms with Crippen LogP contribution in [0.4, 0.5) is 0 Å². The molecule has 0 heterocycles. The third kappa shape index (κ3) is 35.9. The maximum absolute atomic E-state index is 12.8. The maximum Gasteiger partial charge on any atom is 0.472 e. The van der Waals surface area contributed by atoms with E-state index in [1.165, 1.54) is 141 Å². The van der Waals surface area contributed by atoms with Crippen molar-refractivity contribution < 1.29 is 32.9 Å². The van der Waals surface area contributed by atoms with Crippen molar-refractivity contribution in [3.05, 3.63) is 0 Å². The smallest absolute Gasteiger partial charge is 0.391 e. The number of carbonyl (C=O) groups is 1. The number of phosphoric acid groups is 1. The van der Waals surface area contributed by atoms with Crippen molar-refractivity contribution >= 4 is 13.7 Å². The van der Waals surface area contributed by atoms with Gasteiger partial charge in [-0.1, -0.05) is 187 Å². The van der Waals surface area contributed by atoms with Gasteiger partial charge in [0.2, 0.25) is 5.91 Å². The van der Waals surface area contributed by atoms with Gasteiger partial charge in [-0.25, -0.2) is 4.57 Å². The molecule has 8 nitrogen and oxygen atoms in total. The third-order valence-corrected chi connectivity index (χ3v) is 10.8. The molecular formula is C41H86N2O6P+. The first-order valence-corrected chi connectivity index (χ1v) is 22.9. The van der Waals surface area contributed by atoms with Gasteiger partial charge in [-0.3, -0.25) is 13.8 Å². The highest BCUT2D eigenvalue weighted by molar-refractivity contribution is 7.47. The number of amides is 1. The van der Waals surface area contributed by atoms with E-state index in [2.05, 4.69) is 19.2 Å². The predicted octanol–water partition coefficient (Wildman–Crippen LogP) is 11.4. The van der Waals surface area contributed by atoms with Gasteiger partial charge in [0, 0.05) is 6.42 Å². The van der Waals surface area contributed by atoms with Gasteiger partial charge in [0.15, 0.2) is 0 Å². The predicted molar refractivity (Wildman–Crippen MR) is 212 cm³/mol. The van der Waals surface area contributed by atoms with E-state index < -0.39 is 20.0 Å². The zero-order valence-corrected chi connectivity index (χ0v) is 34.8. The highest BCUT2D eigenvalue weighted by Crippen LogP contribution is 2.43. The number of quaternary nitrogens is 1. The molecule has 0 rings (SSSR count). The Labute approximate surface area is 310 Å². The first kappa shape index (κ1) is 49.5. The first-order valence-electron chi connectivity index (χ1n) is 21.4. The minimum Gasteiger partial charge on any atom is -0.391 e. The summed E-state index contributed by atoms with van der Waals surface area (Å²) in [6.45, 7) is 4.89. The van der Waals surface area contributed by atoms with Crippen molar-refractivity contribution in [1.29, 1.82) is 0 Å². The second-order valence-electron chi connectivity index (χ2n) is 16.1. The Kier molecular flexibility index (Phi) is 33.9. The Morgan fingerprint density at radius 3 is 1.34 bits per heavy atom. The average molecular weight is 734 g/mol. The van der Waals surface area contributed by atoms with E-state index in [4.69, 9.17) is 9.05 Å².